The molecular formula is C51H45Cl3N2O4. The molecule has 0 saturated carbocycles. The molecule has 304 valence electrons. The van der Waals surface area contributed by atoms with Crippen LogP contribution in [-0.2, 0) is 9.59 Å². The molecule has 0 aliphatic carbocycles. The molecule has 0 amide bonds. The van der Waals surface area contributed by atoms with E-state index in [2.05, 4.69) is 41.2 Å². The van der Waals surface area contributed by atoms with Crippen molar-refractivity contribution in [1.82, 2.24) is 9.97 Å². The number of fused-ring (bicyclic) bond motifs is 5. The summed E-state index contributed by atoms with van der Waals surface area (Å²) in [5.41, 5.74) is 4.48. The lowest BCUT2D eigenvalue weighted by atomic mass is 9.82. The van der Waals surface area contributed by atoms with E-state index in [1.165, 1.54) is 10.8 Å². The number of ketones is 2. The normalized spacial score (nSPS) is 12.0. The van der Waals surface area contributed by atoms with E-state index in [-0.39, 0.29) is 23.7 Å². The highest BCUT2D eigenvalue weighted by molar-refractivity contribution is 6.39. The van der Waals surface area contributed by atoms with E-state index >= 15 is 0 Å². The predicted octanol–water partition coefficient (Wildman–Crippen LogP) is 15.1. The Labute approximate surface area is 365 Å². The molecule has 60 heavy (non-hydrogen) atoms. The van der Waals surface area contributed by atoms with Gasteiger partial charge in [-0.2, -0.15) is 0 Å². The Hall–Kier alpha value is -5.53. The van der Waals surface area contributed by atoms with E-state index in [4.69, 9.17) is 39.5 Å². The fraction of sp³-hybridized carbons (Fsp3) is 0.216. The lowest BCUT2D eigenvalue weighted by Crippen LogP contribution is -2.28. The van der Waals surface area contributed by atoms with Gasteiger partial charge in [-0.25, -0.2) is 0 Å². The fourth-order valence-corrected chi connectivity index (χ4v) is 8.08. The van der Waals surface area contributed by atoms with E-state index < -0.39 is 10.8 Å². The molecule has 6 aromatic carbocycles. The second-order valence-electron chi connectivity index (χ2n) is 17.2. The molecule has 9 rings (SSSR count). The number of carbonyl (C=O) groups excluding carboxylic acids is 2. The third kappa shape index (κ3) is 8.42. The Morgan fingerprint density at radius 3 is 1.65 bits per heavy atom. The summed E-state index contributed by atoms with van der Waals surface area (Å²) in [6.07, 6.45) is 3.60. The zero-order valence-electron chi connectivity index (χ0n) is 34.8. The molecule has 9 heteroatoms. The van der Waals surface area contributed by atoms with Crippen LogP contribution >= 0.6 is 34.8 Å². The van der Waals surface area contributed by atoms with E-state index in [0.29, 0.717) is 26.3 Å². The largest absolute Gasteiger partial charge is 0.507 e. The summed E-state index contributed by atoms with van der Waals surface area (Å²) in [5, 5.41) is 20.7. The number of halogens is 3. The van der Waals surface area contributed by atoms with Crippen LogP contribution in [0.25, 0.3) is 65.6 Å². The maximum absolute atomic E-state index is 11.5. The summed E-state index contributed by atoms with van der Waals surface area (Å²) in [6, 6.07) is 31.6. The van der Waals surface area contributed by atoms with Crippen molar-refractivity contribution in [1.29, 1.82) is 0 Å². The van der Waals surface area contributed by atoms with Crippen molar-refractivity contribution >= 4 is 89.5 Å². The predicted molar refractivity (Wildman–Crippen MR) is 249 cm³/mol. The van der Waals surface area contributed by atoms with Gasteiger partial charge >= 0.3 is 0 Å². The highest BCUT2D eigenvalue weighted by Crippen LogP contribution is 2.49. The smallest absolute Gasteiger partial charge is 0.145 e. The molecular weight excluding hydrogens is 811 g/mol. The van der Waals surface area contributed by atoms with Crippen LogP contribution in [0.2, 0.25) is 15.1 Å². The number of aryl methyl sites for hydroxylation is 2. The average Bonchev–Trinajstić information content (AvgIpc) is 3.19. The van der Waals surface area contributed by atoms with Crippen LogP contribution in [0.1, 0.15) is 59.1 Å². The number of phenolic OH excluding ortho intramolecular Hbond substituents is 1. The first-order valence-corrected chi connectivity index (χ1v) is 20.8. The Morgan fingerprint density at radius 1 is 0.600 bits per heavy atom. The zero-order valence-corrected chi connectivity index (χ0v) is 37.1. The molecule has 2 aromatic heterocycles. The zero-order chi connectivity index (χ0) is 43.3. The van der Waals surface area contributed by atoms with Crippen LogP contribution in [0, 0.1) is 24.7 Å². The third-order valence-electron chi connectivity index (χ3n) is 10.8. The van der Waals surface area contributed by atoms with E-state index in [0.717, 1.165) is 66.2 Å². The van der Waals surface area contributed by atoms with Gasteiger partial charge in [0.25, 0.3) is 0 Å². The summed E-state index contributed by atoms with van der Waals surface area (Å²) < 4.78 is 6.24. The van der Waals surface area contributed by atoms with Gasteiger partial charge in [0.05, 0.1) is 28.2 Å². The molecule has 0 bridgehead atoms. The summed E-state index contributed by atoms with van der Waals surface area (Å²) in [5.74, 6) is 1.92. The van der Waals surface area contributed by atoms with Crippen LogP contribution in [-0.4, -0.2) is 26.6 Å². The van der Waals surface area contributed by atoms with E-state index in [1.807, 2.05) is 121 Å². The quantitative estimate of drug-likeness (QED) is 0.178. The first-order chi connectivity index (χ1) is 28.3. The molecule has 0 saturated heterocycles. The van der Waals surface area contributed by atoms with Crippen molar-refractivity contribution in [3.05, 3.63) is 136 Å². The number of Topliss-reactive ketones (excluding diaryl/α,β-unsaturated/α-hetero) is 2. The topological polar surface area (TPSA) is 89.4 Å². The number of benzene rings is 6. The van der Waals surface area contributed by atoms with Crippen LogP contribution in [0.4, 0.5) is 0 Å². The van der Waals surface area contributed by atoms with Gasteiger partial charge in [-0.15, -0.1) is 0 Å². The fourth-order valence-electron chi connectivity index (χ4n) is 7.27. The molecule has 1 aliphatic rings. The number of pyridine rings is 2. The monoisotopic (exact) mass is 854 g/mol. The maximum Gasteiger partial charge on any atom is 0.145 e. The number of phenols is 1. The standard InChI is InChI=1S/C20H13Cl2NO.C20H12ClNO.C11H20O2/c1-11-15-5-3-2-4-12(15)9-16(20(11)24)19-18-13(6-7-23-19)8-14(21)10-17(18)22;1-11-15-5-3-2-4-12(15)9-16-19-18-13(6-7-22-19)8-14(21)10-17(18)23-20(11)16;1-10(2,3)8(12)7-9(13)11(4,5)6/h2-10,24H,1H3;2-10H,1H3;7H2,1-6H3. The summed E-state index contributed by atoms with van der Waals surface area (Å²) in [4.78, 5) is 32.1. The van der Waals surface area contributed by atoms with Crippen LogP contribution in [0.3, 0.4) is 0 Å². The van der Waals surface area contributed by atoms with Gasteiger partial charge in [-0.05, 0) is 94.2 Å². The minimum Gasteiger partial charge on any atom is -0.507 e. The number of carbonyl (C=O) groups is 2. The highest BCUT2D eigenvalue weighted by Gasteiger charge is 2.29. The minimum atomic E-state index is -0.402. The Morgan fingerprint density at radius 2 is 1.08 bits per heavy atom. The Bertz CT molecular complexity index is 2990. The number of ether oxygens (including phenoxy) is 1. The van der Waals surface area contributed by atoms with Crippen molar-refractivity contribution in [2.75, 3.05) is 0 Å². The lowest BCUT2D eigenvalue weighted by Gasteiger charge is -2.23. The van der Waals surface area contributed by atoms with Gasteiger partial charge in [-0.3, -0.25) is 19.6 Å². The SMILES string of the molecule is CC(C)(C)C(=O)CC(=O)C(C)(C)C.Cc1c(O)c(-c2nccc3cc(Cl)cc(Cl)c23)cc2ccccc12.Cc1c2c(cc3ccccc13)-c1nccc3cc(Cl)cc(c13)O2. The number of aromatic nitrogens is 2. The second kappa shape index (κ2) is 16.5. The molecule has 1 N–H and O–H groups in total. The summed E-state index contributed by atoms with van der Waals surface area (Å²) in [6.45, 7) is 15.0. The van der Waals surface area contributed by atoms with Crippen molar-refractivity contribution in [3.8, 4) is 39.8 Å². The first-order valence-electron chi connectivity index (χ1n) is 19.6. The first kappa shape index (κ1) is 42.6. The van der Waals surface area contributed by atoms with Gasteiger partial charge in [0, 0.05) is 61.4 Å². The number of nitrogens with zero attached hydrogens (tertiary/aromatic N) is 2. The van der Waals surface area contributed by atoms with Crippen molar-refractivity contribution < 1.29 is 19.4 Å². The van der Waals surface area contributed by atoms with Gasteiger partial charge in [0.15, 0.2) is 0 Å². The van der Waals surface area contributed by atoms with Gasteiger partial charge in [0.1, 0.15) is 28.8 Å². The van der Waals surface area contributed by atoms with Gasteiger partial charge in [0.2, 0.25) is 0 Å². The summed E-state index contributed by atoms with van der Waals surface area (Å²) >= 11 is 18.8. The summed E-state index contributed by atoms with van der Waals surface area (Å²) in [7, 11) is 0. The minimum absolute atomic E-state index is 0.0208. The maximum atomic E-state index is 11.5. The number of hydrogen-bond acceptors (Lipinski definition) is 6. The molecule has 1 aliphatic heterocycles. The van der Waals surface area contributed by atoms with Crippen molar-refractivity contribution in [2.45, 2.75) is 61.8 Å². The molecule has 6 nitrogen and oxygen atoms in total. The Balaban J connectivity index is 0.000000143. The van der Waals surface area contributed by atoms with Crippen LogP contribution < -0.4 is 4.74 Å². The van der Waals surface area contributed by atoms with Gasteiger partial charge in [-0.1, -0.05) is 125 Å². The molecule has 3 heterocycles. The van der Waals surface area contributed by atoms with Crippen LogP contribution in [0.5, 0.6) is 17.2 Å². The van der Waals surface area contributed by atoms with E-state index in [1.54, 1.807) is 12.3 Å². The molecule has 0 radical (unpaired) electrons. The number of rotatable bonds is 3. The highest BCUT2D eigenvalue weighted by atomic mass is 35.5. The number of aromatic hydroxyl groups is 1. The second-order valence-corrected chi connectivity index (χ2v) is 18.4. The molecule has 0 unspecified atom stereocenters. The lowest BCUT2D eigenvalue weighted by molar-refractivity contribution is -0.135. The Kier molecular flexibility index (Phi) is 11.7. The van der Waals surface area contributed by atoms with Gasteiger partial charge < -0.3 is 9.84 Å². The third-order valence-corrected chi connectivity index (χ3v) is 11.5. The van der Waals surface area contributed by atoms with E-state index in [9.17, 15) is 14.7 Å². The molecule has 8 aromatic rings. The number of hydrogen-bond donors (Lipinski definition) is 1. The van der Waals surface area contributed by atoms with Crippen molar-refractivity contribution in [3.63, 3.8) is 0 Å². The molecule has 0 atom stereocenters. The average molecular weight is 856 g/mol. The van der Waals surface area contributed by atoms with Crippen LogP contribution in [0.15, 0.2) is 109 Å². The molecule has 0 fully saturated rings. The van der Waals surface area contributed by atoms with Crippen molar-refractivity contribution in [2.24, 2.45) is 10.8 Å². The molecule has 0 spiro atoms.